The van der Waals surface area contributed by atoms with Crippen molar-refractivity contribution in [2.45, 2.75) is 23.9 Å². The number of carbonyl (C=O) groups is 1. The van der Waals surface area contributed by atoms with E-state index in [0.29, 0.717) is 6.61 Å². The number of esters is 1. The lowest BCUT2D eigenvalue weighted by Crippen LogP contribution is -2.55. The standard InChI is InChI=1S/C7H8O5/c8-6-7(9)2-11-4-3(12-6)1-10-5(4)7/h3-5,9H,1-2H2/t3-,4+,5-,7+/m0/s1. The lowest BCUT2D eigenvalue weighted by molar-refractivity contribution is -0.178. The van der Waals surface area contributed by atoms with Crippen molar-refractivity contribution in [3.05, 3.63) is 0 Å². The molecule has 12 heavy (non-hydrogen) atoms. The van der Waals surface area contributed by atoms with Gasteiger partial charge in [-0.1, -0.05) is 0 Å². The smallest absolute Gasteiger partial charge is 0.343 e. The molecule has 66 valence electrons. The molecule has 0 saturated carbocycles. The molecule has 3 heterocycles. The highest BCUT2D eigenvalue weighted by molar-refractivity contribution is 5.82. The zero-order valence-electron chi connectivity index (χ0n) is 6.23. The molecule has 0 aliphatic carbocycles. The first kappa shape index (κ1) is 6.82. The van der Waals surface area contributed by atoms with Gasteiger partial charge in [0.25, 0.3) is 0 Å². The van der Waals surface area contributed by atoms with Crippen molar-refractivity contribution < 1.29 is 24.1 Å². The molecule has 0 amide bonds. The van der Waals surface area contributed by atoms with Crippen molar-refractivity contribution in [3.8, 4) is 0 Å². The van der Waals surface area contributed by atoms with Gasteiger partial charge in [-0.05, 0) is 0 Å². The fourth-order valence-corrected chi connectivity index (χ4v) is 2.01. The summed E-state index contributed by atoms with van der Waals surface area (Å²) in [6.07, 6.45) is -1.08. The number of hydrogen-bond acceptors (Lipinski definition) is 5. The highest BCUT2D eigenvalue weighted by Gasteiger charge is 2.66. The van der Waals surface area contributed by atoms with E-state index < -0.39 is 17.7 Å². The minimum Gasteiger partial charge on any atom is -0.455 e. The molecule has 4 bridgehead atoms. The van der Waals surface area contributed by atoms with Crippen LogP contribution in [0.1, 0.15) is 0 Å². The molecule has 0 spiro atoms. The fourth-order valence-electron chi connectivity index (χ4n) is 2.01. The van der Waals surface area contributed by atoms with E-state index in [0.717, 1.165) is 0 Å². The van der Waals surface area contributed by atoms with Gasteiger partial charge in [0.15, 0.2) is 6.10 Å². The molecule has 3 aliphatic heterocycles. The summed E-state index contributed by atoms with van der Waals surface area (Å²) in [4.78, 5) is 11.2. The quantitative estimate of drug-likeness (QED) is 0.448. The first-order valence-electron chi connectivity index (χ1n) is 3.88. The normalized spacial score (nSPS) is 55.8. The predicted molar refractivity (Wildman–Crippen MR) is 34.3 cm³/mol. The SMILES string of the molecule is O=C1O[C@H]2CO[C@H]3[C@@H]2OC[C@]13O. The number of aliphatic hydroxyl groups is 1. The number of hydrogen-bond donors (Lipinski definition) is 1. The van der Waals surface area contributed by atoms with E-state index in [1.807, 2.05) is 0 Å². The van der Waals surface area contributed by atoms with Crippen molar-refractivity contribution in [2.75, 3.05) is 13.2 Å². The average Bonchev–Trinajstić information content (AvgIpc) is 2.50. The summed E-state index contributed by atoms with van der Waals surface area (Å²) in [5.74, 6) is -0.608. The summed E-state index contributed by atoms with van der Waals surface area (Å²) in [6.45, 7) is 0.334. The predicted octanol–water partition coefficient (Wildman–Crippen LogP) is -1.56. The molecule has 5 nitrogen and oxygen atoms in total. The van der Waals surface area contributed by atoms with Gasteiger partial charge in [-0.15, -0.1) is 0 Å². The van der Waals surface area contributed by atoms with Crippen LogP contribution in [-0.2, 0) is 19.0 Å². The van der Waals surface area contributed by atoms with Gasteiger partial charge in [0.05, 0.1) is 13.2 Å². The lowest BCUT2D eigenvalue weighted by atomic mass is 9.93. The molecule has 0 radical (unpaired) electrons. The molecule has 3 fully saturated rings. The molecule has 3 saturated heterocycles. The van der Waals surface area contributed by atoms with Crippen molar-refractivity contribution in [3.63, 3.8) is 0 Å². The average molecular weight is 172 g/mol. The Balaban J connectivity index is 2.09. The van der Waals surface area contributed by atoms with Crippen LogP contribution in [0.2, 0.25) is 0 Å². The van der Waals surface area contributed by atoms with Crippen LogP contribution >= 0.6 is 0 Å². The van der Waals surface area contributed by atoms with Gasteiger partial charge >= 0.3 is 5.97 Å². The third-order valence-corrected chi connectivity index (χ3v) is 2.68. The summed E-state index contributed by atoms with van der Waals surface area (Å²) in [6, 6.07) is 0. The maximum atomic E-state index is 11.2. The monoisotopic (exact) mass is 172 g/mol. The van der Waals surface area contributed by atoms with Gasteiger partial charge in [-0.2, -0.15) is 0 Å². The van der Waals surface area contributed by atoms with E-state index in [1.165, 1.54) is 0 Å². The molecule has 5 heteroatoms. The molecule has 4 atom stereocenters. The summed E-state index contributed by atoms with van der Waals surface area (Å²) in [5.41, 5.74) is -1.54. The molecule has 0 aromatic carbocycles. The minimum absolute atomic E-state index is 0.00231. The van der Waals surface area contributed by atoms with E-state index in [2.05, 4.69) is 0 Å². The zero-order chi connectivity index (χ0) is 8.34. The Kier molecular flexibility index (Phi) is 1.03. The van der Waals surface area contributed by atoms with E-state index in [4.69, 9.17) is 14.2 Å². The Bertz CT molecular complexity index is 252. The topological polar surface area (TPSA) is 65.0 Å². The molecule has 3 aliphatic rings. The van der Waals surface area contributed by atoms with Crippen LogP contribution in [0.5, 0.6) is 0 Å². The first-order chi connectivity index (χ1) is 5.72. The van der Waals surface area contributed by atoms with Gasteiger partial charge in [0.2, 0.25) is 5.60 Å². The Hall–Kier alpha value is -0.650. The van der Waals surface area contributed by atoms with E-state index in [-0.39, 0.29) is 18.8 Å². The van der Waals surface area contributed by atoms with Crippen molar-refractivity contribution in [1.82, 2.24) is 0 Å². The van der Waals surface area contributed by atoms with Crippen molar-refractivity contribution in [2.24, 2.45) is 0 Å². The van der Waals surface area contributed by atoms with E-state index in [1.54, 1.807) is 0 Å². The summed E-state index contributed by atoms with van der Waals surface area (Å²) in [7, 11) is 0. The third-order valence-electron chi connectivity index (χ3n) is 2.68. The highest BCUT2D eigenvalue weighted by atomic mass is 16.7. The molecule has 0 aromatic rings. The fraction of sp³-hybridized carbons (Fsp3) is 0.857. The van der Waals surface area contributed by atoms with Crippen LogP contribution in [-0.4, -0.2) is 48.2 Å². The third kappa shape index (κ3) is 0.552. The van der Waals surface area contributed by atoms with Crippen LogP contribution in [0.15, 0.2) is 0 Å². The molecule has 0 aromatic heterocycles. The minimum atomic E-state index is -1.54. The number of ether oxygens (including phenoxy) is 3. The summed E-state index contributed by atoms with van der Waals surface area (Å²) in [5, 5.41) is 9.75. The largest absolute Gasteiger partial charge is 0.455 e. The number of carbonyl (C=O) groups excluding carboxylic acids is 1. The maximum Gasteiger partial charge on any atom is 0.343 e. The molecule has 0 unspecified atom stereocenters. The Morgan fingerprint density at radius 1 is 1.50 bits per heavy atom. The van der Waals surface area contributed by atoms with Crippen molar-refractivity contribution in [1.29, 1.82) is 0 Å². The molecule has 1 N–H and O–H groups in total. The second kappa shape index (κ2) is 1.81. The van der Waals surface area contributed by atoms with Gasteiger partial charge in [-0.25, -0.2) is 4.79 Å². The molecular formula is C7H8O5. The van der Waals surface area contributed by atoms with Crippen LogP contribution < -0.4 is 0 Å². The van der Waals surface area contributed by atoms with Gasteiger partial charge in [-0.3, -0.25) is 0 Å². The van der Waals surface area contributed by atoms with Crippen LogP contribution in [0.25, 0.3) is 0 Å². The zero-order valence-corrected chi connectivity index (χ0v) is 6.23. The van der Waals surface area contributed by atoms with Crippen molar-refractivity contribution >= 4 is 5.97 Å². The first-order valence-corrected chi connectivity index (χ1v) is 3.88. The van der Waals surface area contributed by atoms with Crippen LogP contribution in [0.3, 0.4) is 0 Å². The molecule has 3 rings (SSSR count). The summed E-state index contributed by atoms with van der Waals surface area (Å²) < 4.78 is 15.4. The van der Waals surface area contributed by atoms with Gasteiger partial charge < -0.3 is 19.3 Å². The summed E-state index contributed by atoms with van der Waals surface area (Å²) >= 11 is 0. The second-order valence-electron chi connectivity index (χ2n) is 3.40. The maximum absolute atomic E-state index is 11.2. The number of rotatable bonds is 0. The Morgan fingerprint density at radius 2 is 2.33 bits per heavy atom. The lowest BCUT2D eigenvalue weighted by Gasteiger charge is -2.28. The van der Waals surface area contributed by atoms with E-state index >= 15 is 0 Å². The van der Waals surface area contributed by atoms with Gasteiger partial charge in [0.1, 0.15) is 12.2 Å². The highest BCUT2D eigenvalue weighted by Crippen LogP contribution is 2.40. The second-order valence-corrected chi connectivity index (χ2v) is 3.40. The Labute approximate surface area is 68.2 Å². The van der Waals surface area contributed by atoms with Crippen LogP contribution in [0.4, 0.5) is 0 Å². The molecular weight excluding hydrogens is 164 g/mol. The van der Waals surface area contributed by atoms with E-state index in [9.17, 15) is 9.90 Å². The Morgan fingerprint density at radius 3 is 3.17 bits per heavy atom. The van der Waals surface area contributed by atoms with Crippen LogP contribution in [0, 0.1) is 0 Å². The van der Waals surface area contributed by atoms with Gasteiger partial charge in [0, 0.05) is 0 Å².